The number of nitrogens with one attached hydrogen (secondary N) is 3. The largest absolute Gasteiger partial charge is 0.360 e. The molecule has 0 aliphatic carbocycles. The normalized spacial score (nSPS) is 11.0. The van der Waals surface area contributed by atoms with Crippen molar-refractivity contribution in [1.82, 2.24) is 25.1 Å². The van der Waals surface area contributed by atoms with E-state index in [9.17, 15) is 4.79 Å². The van der Waals surface area contributed by atoms with Gasteiger partial charge < -0.3 is 10.3 Å². The van der Waals surface area contributed by atoms with Gasteiger partial charge in [-0.1, -0.05) is 30.0 Å². The van der Waals surface area contributed by atoms with E-state index in [-0.39, 0.29) is 11.7 Å². The van der Waals surface area contributed by atoms with Crippen LogP contribution in [0.25, 0.3) is 22.2 Å². The molecular formula is C15H12N6OS2. The molecule has 120 valence electrons. The lowest BCUT2D eigenvalue weighted by Gasteiger charge is -1.99. The lowest BCUT2D eigenvalue weighted by atomic mass is 10.1. The summed E-state index contributed by atoms with van der Waals surface area (Å²) in [6.07, 6.45) is 3.35. The summed E-state index contributed by atoms with van der Waals surface area (Å²) in [5.74, 6) is 0.119. The molecular weight excluding hydrogens is 344 g/mol. The summed E-state index contributed by atoms with van der Waals surface area (Å²) in [6.45, 7) is 0. The smallest absolute Gasteiger partial charge is 0.236 e. The van der Waals surface area contributed by atoms with Gasteiger partial charge in [-0.2, -0.15) is 5.10 Å². The third-order valence-electron chi connectivity index (χ3n) is 3.35. The molecule has 4 rings (SSSR count). The van der Waals surface area contributed by atoms with Crippen molar-refractivity contribution in [3.05, 3.63) is 42.2 Å². The van der Waals surface area contributed by atoms with Gasteiger partial charge in [-0.05, 0) is 6.07 Å². The van der Waals surface area contributed by atoms with Crippen molar-refractivity contribution in [2.45, 2.75) is 5.16 Å². The average Bonchev–Trinajstić information content (AvgIpc) is 3.33. The highest BCUT2D eigenvalue weighted by Crippen LogP contribution is 2.30. The molecule has 0 atom stereocenters. The molecule has 0 bridgehead atoms. The first-order valence-corrected chi connectivity index (χ1v) is 8.96. The van der Waals surface area contributed by atoms with E-state index in [0.717, 1.165) is 22.2 Å². The summed E-state index contributed by atoms with van der Waals surface area (Å²) >= 11 is 2.70. The molecule has 0 aliphatic heterocycles. The van der Waals surface area contributed by atoms with Crippen LogP contribution in [0.4, 0.5) is 5.13 Å². The Labute approximate surface area is 144 Å². The van der Waals surface area contributed by atoms with E-state index in [0.29, 0.717) is 10.3 Å². The fraction of sp³-hybridized carbons (Fsp3) is 0.0667. The van der Waals surface area contributed by atoms with Gasteiger partial charge in [0.15, 0.2) is 10.3 Å². The lowest BCUT2D eigenvalue weighted by Crippen LogP contribution is -2.13. The number of H-pyrrole nitrogens is 2. The average molecular weight is 356 g/mol. The number of para-hydroxylation sites is 1. The maximum Gasteiger partial charge on any atom is 0.236 e. The van der Waals surface area contributed by atoms with Gasteiger partial charge in [0.25, 0.3) is 0 Å². The Hall–Kier alpha value is -2.65. The molecule has 3 N–H and O–H groups in total. The van der Waals surface area contributed by atoms with E-state index in [1.54, 1.807) is 0 Å². The molecule has 7 nitrogen and oxygen atoms in total. The molecule has 4 aromatic rings. The maximum absolute atomic E-state index is 12.0. The van der Waals surface area contributed by atoms with Crippen LogP contribution < -0.4 is 5.32 Å². The molecule has 9 heteroatoms. The Balaban J connectivity index is 1.45. The van der Waals surface area contributed by atoms with Gasteiger partial charge in [0.1, 0.15) is 6.33 Å². The molecule has 0 saturated heterocycles. The maximum atomic E-state index is 12.0. The summed E-state index contributed by atoms with van der Waals surface area (Å²) < 4.78 is 0. The van der Waals surface area contributed by atoms with Crippen molar-refractivity contribution in [1.29, 1.82) is 0 Å². The summed E-state index contributed by atoms with van der Waals surface area (Å²) in [7, 11) is 0. The van der Waals surface area contributed by atoms with Gasteiger partial charge in [-0.15, -0.1) is 11.3 Å². The minimum absolute atomic E-state index is 0.128. The first-order valence-electron chi connectivity index (χ1n) is 7.09. The van der Waals surface area contributed by atoms with E-state index in [1.807, 2.05) is 35.8 Å². The molecule has 0 fully saturated rings. The van der Waals surface area contributed by atoms with Crippen LogP contribution in [0.3, 0.4) is 0 Å². The third-order valence-corrected chi connectivity index (χ3v) is 4.98. The van der Waals surface area contributed by atoms with Gasteiger partial charge in [-0.25, -0.2) is 9.97 Å². The topological polar surface area (TPSA) is 99.3 Å². The zero-order chi connectivity index (χ0) is 16.4. The van der Waals surface area contributed by atoms with Gasteiger partial charge in [0.2, 0.25) is 5.91 Å². The molecule has 0 radical (unpaired) electrons. The summed E-state index contributed by atoms with van der Waals surface area (Å²) in [5.41, 5.74) is 2.93. The number of fused-ring (bicyclic) bond motifs is 1. The minimum Gasteiger partial charge on any atom is -0.360 e. The number of benzene rings is 1. The number of carbonyl (C=O) groups excluding carboxylic acids is 1. The number of hydrogen-bond donors (Lipinski definition) is 3. The molecule has 1 aromatic carbocycles. The molecule has 1 amide bonds. The van der Waals surface area contributed by atoms with Crippen LogP contribution in [-0.4, -0.2) is 36.8 Å². The molecule has 24 heavy (non-hydrogen) atoms. The fourth-order valence-corrected chi connectivity index (χ4v) is 3.60. The van der Waals surface area contributed by atoms with Crippen LogP contribution in [0.1, 0.15) is 0 Å². The summed E-state index contributed by atoms with van der Waals surface area (Å²) in [6, 6.07) is 8.05. The van der Waals surface area contributed by atoms with Crippen LogP contribution >= 0.6 is 23.1 Å². The Morgan fingerprint density at radius 2 is 2.25 bits per heavy atom. The van der Waals surface area contributed by atoms with E-state index in [4.69, 9.17) is 0 Å². The third kappa shape index (κ3) is 3.03. The number of hydrogen-bond acceptors (Lipinski definition) is 6. The summed E-state index contributed by atoms with van der Waals surface area (Å²) in [4.78, 5) is 23.7. The second-order valence-corrected chi connectivity index (χ2v) is 6.74. The number of nitrogens with zero attached hydrogens (tertiary/aromatic N) is 3. The highest BCUT2D eigenvalue weighted by Gasteiger charge is 2.12. The molecule has 3 heterocycles. The van der Waals surface area contributed by atoms with Crippen molar-refractivity contribution in [2.75, 3.05) is 11.1 Å². The number of thioether (sulfide) groups is 1. The first kappa shape index (κ1) is 14.9. The van der Waals surface area contributed by atoms with Crippen LogP contribution in [0, 0.1) is 0 Å². The van der Waals surface area contributed by atoms with E-state index in [1.165, 1.54) is 29.4 Å². The molecule has 0 unspecified atom stereocenters. The Morgan fingerprint density at radius 1 is 1.33 bits per heavy atom. The molecule has 0 saturated carbocycles. The summed E-state index contributed by atoms with van der Waals surface area (Å²) in [5, 5.41) is 13.5. The van der Waals surface area contributed by atoms with Gasteiger partial charge in [0.05, 0.1) is 11.4 Å². The molecule has 0 aliphatic rings. The minimum atomic E-state index is -0.128. The number of amides is 1. The molecule has 3 aromatic heterocycles. The predicted octanol–water partition coefficient (Wildman–Crippen LogP) is 3.14. The Bertz CT molecular complexity index is 975. The monoisotopic (exact) mass is 356 g/mol. The quantitative estimate of drug-likeness (QED) is 0.477. The van der Waals surface area contributed by atoms with Gasteiger partial charge in [-0.3, -0.25) is 9.89 Å². The highest BCUT2D eigenvalue weighted by molar-refractivity contribution is 7.99. The number of carbonyl (C=O) groups is 1. The first-order chi connectivity index (χ1) is 11.8. The van der Waals surface area contributed by atoms with Crippen LogP contribution in [0.15, 0.2) is 47.3 Å². The number of rotatable bonds is 5. The van der Waals surface area contributed by atoms with Gasteiger partial charge >= 0.3 is 0 Å². The Kier molecular flexibility index (Phi) is 4.01. The molecule has 0 spiro atoms. The highest BCUT2D eigenvalue weighted by atomic mass is 32.2. The zero-order valence-corrected chi connectivity index (χ0v) is 13.9. The zero-order valence-electron chi connectivity index (χ0n) is 12.3. The second-order valence-electron chi connectivity index (χ2n) is 4.91. The second kappa shape index (κ2) is 6.46. The number of thiazole rings is 1. The van der Waals surface area contributed by atoms with Crippen molar-refractivity contribution in [3.8, 4) is 11.3 Å². The van der Waals surface area contributed by atoms with Crippen LogP contribution in [0.2, 0.25) is 0 Å². The van der Waals surface area contributed by atoms with Crippen molar-refractivity contribution < 1.29 is 4.79 Å². The fourth-order valence-electron chi connectivity index (χ4n) is 2.29. The Morgan fingerprint density at radius 3 is 3.12 bits per heavy atom. The number of aromatic amines is 2. The number of anilines is 1. The van der Waals surface area contributed by atoms with E-state index in [2.05, 4.69) is 30.5 Å². The van der Waals surface area contributed by atoms with Crippen LogP contribution in [0.5, 0.6) is 0 Å². The standard InChI is InChI=1S/C15H12N6OS2/c22-13(7-24-14-17-8-18-21-14)20-15-19-12(6-23-15)10-5-16-11-4-2-1-3-9(10)11/h1-6,8,16H,7H2,(H,17,18,21)(H,19,20,22). The van der Waals surface area contributed by atoms with Crippen molar-refractivity contribution in [3.63, 3.8) is 0 Å². The lowest BCUT2D eigenvalue weighted by molar-refractivity contribution is -0.113. The van der Waals surface area contributed by atoms with E-state index < -0.39 is 0 Å². The predicted molar refractivity (Wildman–Crippen MR) is 95.1 cm³/mol. The van der Waals surface area contributed by atoms with Crippen molar-refractivity contribution in [2.24, 2.45) is 0 Å². The number of aromatic nitrogens is 5. The van der Waals surface area contributed by atoms with E-state index >= 15 is 0 Å². The van der Waals surface area contributed by atoms with Gasteiger partial charge in [0, 0.05) is 28.0 Å². The van der Waals surface area contributed by atoms with Crippen molar-refractivity contribution >= 4 is 45.0 Å². The SMILES string of the molecule is O=C(CSc1ncn[nH]1)Nc1nc(-c2c[nH]c3ccccc23)cs1. The van der Waals surface area contributed by atoms with Crippen LogP contribution in [-0.2, 0) is 4.79 Å².